The SMILES string of the molecule is Cc1cccc(C(=O)N2CCN(CC(=O)O)CC2)n1. The minimum Gasteiger partial charge on any atom is -0.480 e. The van der Waals surface area contributed by atoms with Gasteiger partial charge in [0.25, 0.3) is 5.91 Å². The van der Waals surface area contributed by atoms with E-state index >= 15 is 0 Å². The van der Waals surface area contributed by atoms with Crippen molar-refractivity contribution < 1.29 is 14.7 Å². The molecule has 2 heterocycles. The third-order valence-electron chi connectivity index (χ3n) is 3.13. The number of aromatic nitrogens is 1. The van der Waals surface area contributed by atoms with Crippen molar-refractivity contribution in [2.45, 2.75) is 6.92 Å². The number of aliphatic carboxylic acids is 1. The molecule has 1 fully saturated rings. The van der Waals surface area contributed by atoms with Gasteiger partial charge in [0.15, 0.2) is 0 Å². The summed E-state index contributed by atoms with van der Waals surface area (Å²) < 4.78 is 0. The van der Waals surface area contributed by atoms with Crippen LogP contribution < -0.4 is 0 Å². The van der Waals surface area contributed by atoms with Gasteiger partial charge in [0.2, 0.25) is 0 Å². The Bertz CT molecular complexity index is 482. The molecule has 0 unspecified atom stereocenters. The molecule has 0 spiro atoms. The van der Waals surface area contributed by atoms with E-state index in [0.717, 1.165) is 5.69 Å². The van der Waals surface area contributed by atoms with Gasteiger partial charge in [-0.2, -0.15) is 0 Å². The molecule has 2 rings (SSSR count). The van der Waals surface area contributed by atoms with Crippen molar-refractivity contribution in [3.05, 3.63) is 29.6 Å². The summed E-state index contributed by atoms with van der Waals surface area (Å²) in [6, 6.07) is 5.37. The Morgan fingerprint density at radius 2 is 1.95 bits per heavy atom. The van der Waals surface area contributed by atoms with Gasteiger partial charge in [0, 0.05) is 31.9 Å². The molecular formula is C13H17N3O3. The van der Waals surface area contributed by atoms with Crippen molar-refractivity contribution in [3.63, 3.8) is 0 Å². The summed E-state index contributed by atoms with van der Waals surface area (Å²) in [6.45, 7) is 4.14. The van der Waals surface area contributed by atoms with Crippen molar-refractivity contribution in [2.75, 3.05) is 32.7 Å². The monoisotopic (exact) mass is 263 g/mol. The molecule has 0 aromatic carbocycles. The van der Waals surface area contributed by atoms with E-state index in [9.17, 15) is 9.59 Å². The van der Waals surface area contributed by atoms with E-state index in [0.29, 0.717) is 31.9 Å². The van der Waals surface area contributed by atoms with Gasteiger partial charge in [-0.15, -0.1) is 0 Å². The second-order valence-electron chi connectivity index (χ2n) is 4.63. The first-order valence-electron chi connectivity index (χ1n) is 6.23. The van der Waals surface area contributed by atoms with Gasteiger partial charge in [-0.1, -0.05) is 6.07 Å². The van der Waals surface area contributed by atoms with Crippen molar-refractivity contribution in [3.8, 4) is 0 Å². The van der Waals surface area contributed by atoms with Crippen LogP contribution in [0.15, 0.2) is 18.2 Å². The minimum atomic E-state index is -0.833. The average molecular weight is 263 g/mol. The number of amides is 1. The predicted molar refractivity (Wildman–Crippen MR) is 69.0 cm³/mol. The molecule has 1 aromatic heterocycles. The summed E-state index contributed by atoms with van der Waals surface area (Å²) in [7, 11) is 0. The zero-order valence-electron chi connectivity index (χ0n) is 10.9. The van der Waals surface area contributed by atoms with Crippen LogP contribution in [-0.2, 0) is 4.79 Å². The molecule has 102 valence electrons. The molecule has 6 nitrogen and oxygen atoms in total. The molecule has 1 aromatic rings. The highest BCUT2D eigenvalue weighted by atomic mass is 16.4. The fourth-order valence-electron chi connectivity index (χ4n) is 2.12. The molecule has 1 saturated heterocycles. The number of hydrogen-bond donors (Lipinski definition) is 1. The number of carboxylic acid groups (broad SMARTS) is 1. The molecule has 6 heteroatoms. The molecule has 0 aliphatic carbocycles. The maximum atomic E-state index is 12.2. The fraction of sp³-hybridized carbons (Fsp3) is 0.462. The third kappa shape index (κ3) is 3.51. The number of nitrogens with zero attached hydrogens (tertiary/aromatic N) is 3. The van der Waals surface area contributed by atoms with Gasteiger partial charge < -0.3 is 10.0 Å². The van der Waals surface area contributed by atoms with Crippen molar-refractivity contribution >= 4 is 11.9 Å². The van der Waals surface area contributed by atoms with Crippen molar-refractivity contribution in [2.24, 2.45) is 0 Å². The third-order valence-corrected chi connectivity index (χ3v) is 3.13. The standard InChI is InChI=1S/C13H17N3O3/c1-10-3-2-4-11(14-10)13(19)16-7-5-15(6-8-16)9-12(17)18/h2-4H,5-9H2,1H3,(H,17,18). The summed E-state index contributed by atoms with van der Waals surface area (Å²) in [5.41, 5.74) is 1.27. The van der Waals surface area contributed by atoms with Gasteiger partial charge in [-0.05, 0) is 19.1 Å². The molecule has 1 amide bonds. The molecular weight excluding hydrogens is 246 g/mol. The first-order valence-corrected chi connectivity index (χ1v) is 6.23. The minimum absolute atomic E-state index is 0.0325. The fourth-order valence-corrected chi connectivity index (χ4v) is 2.12. The van der Waals surface area contributed by atoms with Crippen LogP contribution in [0.25, 0.3) is 0 Å². The first-order chi connectivity index (χ1) is 9.06. The lowest BCUT2D eigenvalue weighted by molar-refractivity contribution is -0.138. The van der Waals surface area contributed by atoms with Gasteiger partial charge in [0.05, 0.1) is 6.54 Å². The highest BCUT2D eigenvalue weighted by molar-refractivity contribution is 5.92. The molecule has 0 atom stereocenters. The molecule has 0 radical (unpaired) electrons. The van der Waals surface area contributed by atoms with Crippen LogP contribution in [-0.4, -0.2) is 64.5 Å². The van der Waals surface area contributed by atoms with E-state index in [-0.39, 0.29) is 12.5 Å². The lowest BCUT2D eigenvalue weighted by Gasteiger charge is -2.33. The van der Waals surface area contributed by atoms with E-state index in [2.05, 4.69) is 4.98 Å². The van der Waals surface area contributed by atoms with Gasteiger partial charge in [0.1, 0.15) is 5.69 Å². The first kappa shape index (κ1) is 13.5. The maximum absolute atomic E-state index is 12.2. The largest absolute Gasteiger partial charge is 0.480 e. The normalized spacial score (nSPS) is 16.4. The van der Waals surface area contributed by atoms with Crippen LogP contribution in [0.1, 0.15) is 16.2 Å². The smallest absolute Gasteiger partial charge is 0.317 e. The summed E-state index contributed by atoms with van der Waals surface area (Å²) in [5.74, 6) is -0.918. The molecule has 19 heavy (non-hydrogen) atoms. The molecule has 0 saturated carbocycles. The van der Waals surface area contributed by atoms with Crippen LogP contribution >= 0.6 is 0 Å². The van der Waals surface area contributed by atoms with Gasteiger partial charge >= 0.3 is 5.97 Å². The summed E-state index contributed by atoms with van der Waals surface area (Å²) in [5, 5.41) is 8.72. The number of piperazine rings is 1. The predicted octanol–water partition coefficient (Wildman–Crippen LogP) is 0.232. The Hall–Kier alpha value is -1.95. The van der Waals surface area contributed by atoms with Crippen molar-refractivity contribution in [1.29, 1.82) is 0 Å². The van der Waals surface area contributed by atoms with Crippen molar-refractivity contribution in [1.82, 2.24) is 14.8 Å². The van der Waals surface area contributed by atoms with Gasteiger partial charge in [-0.25, -0.2) is 4.98 Å². The average Bonchev–Trinajstić information content (AvgIpc) is 2.38. The zero-order chi connectivity index (χ0) is 13.8. The number of carboxylic acids is 1. The van der Waals surface area contributed by atoms with E-state index in [1.54, 1.807) is 11.0 Å². The molecule has 1 N–H and O–H groups in total. The summed E-state index contributed by atoms with van der Waals surface area (Å²) in [4.78, 5) is 30.6. The van der Waals surface area contributed by atoms with E-state index in [1.807, 2.05) is 24.0 Å². The number of carbonyl (C=O) groups excluding carboxylic acids is 1. The summed E-state index contributed by atoms with van der Waals surface area (Å²) in [6.07, 6.45) is 0. The number of carbonyl (C=O) groups is 2. The lowest BCUT2D eigenvalue weighted by atomic mass is 10.2. The number of aryl methyl sites for hydroxylation is 1. The van der Waals surface area contributed by atoms with Crippen LogP contribution in [0.2, 0.25) is 0 Å². The number of pyridine rings is 1. The Morgan fingerprint density at radius 1 is 1.26 bits per heavy atom. The van der Waals surface area contributed by atoms with E-state index < -0.39 is 5.97 Å². The number of hydrogen-bond acceptors (Lipinski definition) is 4. The molecule has 1 aliphatic rings. The highest BCUT2D eigenvalue weighted by Gasteiger charge is 2.23. The van der Waals surface area contributed by atoms with Crippen LogP contribution in [0.5, 0.6) is 0 Å². The zero-order valence-corrected chi connectivity index (χ0v) is 10.9. The topological polar surface area (TPSA) is 73.7 Å². The quantitative estimate of drug-likeness (QED) is 0.845. The Kier molecular flexibility index (Phi) is 4.11. The van der Waals surface area contributed by atoms with E-state index in [1.165, 1.54) is 0 Å². The molecule has 0 bridgehead atoms. The second-order valence-corrected chi connectivity index (χ2v) is 4.63. The second kappa shape index (κ2) is 5.79. The Balaban J connectivity index is 1.94. The Morgan fingerprint density at radius 3 is 2.53 bits per heavy atom. The molecule has 1 aliphatic heterocycles. The van der Waals surface area contributed by atoms with Crippen LogP contribution in [0.3, 0.4) is 0 Å². The lowest BCUT2D eigenvalue weighted by Crippen LogP contribution is -2.50. The van der Waals surface area contributed by atoms with Crippen LogP contribution in [0, 0.1) is 6.92 Å². The Labute approximate surface area is 111 Å². The maximum Gasteiger partial charge on any atom is 0.317 e. The van der Waals surface area contributed by atoms with Crippen LogP contribution in [0.4, 0.5) is 0 Å². The number of rotatable bonds is 3. The van der Waals surface area contributed by atoms with E-state index in [4.69, 9.17) is 5.11 Å². The van der Waals surface area contributed by atoms with Gasteiger partial charge in [-0.3, -0.25) is 14.5 Å². The highest BCUT2D eigenvalue weighted by Crippen LogP contribution is 2.07. The summed E-state index contributed by atoms with van der Waals surface area (Å²) >= 11 is 0.